The van der Waals surface area contributed by atoms with Gasteiger partial charge in [-0.25, -0.2) is 0 Å². The molecule has 19 heavy (non-hydrogen) atoms. The first kappa shape index (κ1) is 16.4. The molecule has 1 aliphatic heterocycles. The van der Waals surface area contributed by atoms with Gasteiger partial charge in [0.15, 0.2) is 0 Å². The van der Waals surface area contributed by atoms with Crippen LogP contribution in [0.1, 0.15) is 47.5 Å². The van der Waals surface area contributed by atoms with Gasteiger partial charge in [-0.1, -0.05) is 6.92 Å². The van der Waals surface area contributed by atoms with Gasteiger partial charge in [0.1, 0.15) is 0 Å². The lowest BCUT2D eigenvalue weighted by Crippen LogP contribution is -2.53. The number of carbonyl (C=O) groups is 1. The van der Waals surface area contributed by atoms with Crippen molar-refractivity contribution in [2.24, 2.45) is 11.7 Å². The van der Waals surface area contributed by atoms with E-state index in [0.29, 0.717) is 19.1 Å². The van der Waals surface area contributed by atoms with E-state index in [2.05, 4.69) is 39.5 Å². The van der Waals surface area contributed by atoms with Gasteiger partial charge in [0, 0.05) is 24.7 Å². The molecule has 0 saturated carbocycles. The summed E-state index contributed by atoms with van der Waals surface area (Å²) in [6.45, 7) is 12.8. The van der Waals surface area contributed by atoms with Crippen molar-refractivity contribution in [3.63, 3.8) is 0 Å². The predicted octanol–water partition coefficient (Wildman–Crippen LogP) is 1.69. The van der Waals surface area contributed by atoms with Crippen LogP contribution in [0.25, 0.3) is 0 Å². The van der Waals surface area contributed by atoms with Crippen LogP contribution in [-0.4, -0.2) is 53.5 Å². The van der Waals surface area contributed by atoms with Gasteiger partial charge in [0.2, 0.25) is 5.91 Å². The summed E-state index contributed by atoms with van der Waals surface area (Å²) in [4.78, 5) is 16.7. The minimum atomic E-state index is 0.234. The Balaban J connectivity index is 2.64. The molecule has 0 aromatic heterocycles. The Labute approximate surface area is 118 Å². The summed E-state index contributed by atoms with van der Waals surface area (Å²) in [5.74, 6) is 0.962. The predicted molar refractivity (Wildman–Crippen MR) is 79.9 cm³/mol. The van der Waals surface area contributed by atoms with E-state index in [1.807, 2.05) is 4.90 Å². The molecule has 0 aliphatic carbocycles. The average Bonchev–Trinajstić information content (AvgIpc) is 2.30. The van der Waals surface area contributed by atoms with E-state index in [1.54, 1.807) is 0 Å². The van der Waals surface area contributed by atoms with E-state index >= 15 is 0 Å². The van der Waals surface area contributed by atoms with Crippen molar-refractivity contribution in [3.05, 3.63) is 0 Å². The molecular formula is C15H31N3O. The highest BCUT2D eigenvalue weighted by molar-refractivity contribution is 5.78. The molecule has 112 valence electrons. The van der Waals surface area contributed by atoms with Crippen LogP contribution in [0.5, 0.6) is 0 Å². The quantitative estimate of drug-likeness (QED) is 0.826. The first-order valence-electron chi connectivity index (χ1n) is 7.62. The van der Waals surface area contributed by atoms with Crippen LogP contribution in [-0.2, 0) is 4.79 Å². The van der Waals surface area contributed by atoms with Crippen LogP contribution in [0, 0.1) is 5.92 Å². The molecule has 0 aromatic rings. The third-order valence-corrected chi connectivity index (χ3v) is 4.11. The van der Waals surface area contributed by atoms with Gasteiger partial charge in [0.05, 0.1) is 6.54 Å². The summed E-state index contributed by atoms with van der Waals surface area (Å²) in [7, 11) is 0. The van der Waals surface area contributed by atoms with Crippen molar-refractivity contribution in [2.75, 3.05) is 19.6 Å². The zero-order valence-electron chi connectivity index (χ0n) is 13.2. The molecule has 0 aromatic carbocycles. The highest BCUT2D eigenvalue weighted by Crippen LogP contribution is 2.22. The lowest BCUT2D eigenvalue weighted by Gasteiger charge is -2.39. The first-order valence-corrected chi connectivity index (χ1v) is 7.62. The van der Waals surface area contributed by atoms with Gasteiger partial charge in [-0.3, -0.25) is 9.69 Å². The molecule has 2 atom stereocenters. The van der Waals surface area contributed by atoms with E-state index in [4.69, 9.17) is 5.73 Å². The second-order valence-corrected chi connectivity index (χ2v) is 6.48. The molecule has 0 radical (unpaired) electrons. The first-order chi connectivity index (χ1) is 8.86. The SMILES string of the molecule is CC1CCN(CC(=O)N(C(C)C)C(C)C)C(CN)C1. The zero-order valence-corrected chi connectivity index (χ0v) is 13.2. The van der Waals surface area contributed by atoms with E-state index in [-0.39, 0.29) is 18.0 Å². The summed E-state index contributed by atoms with van der Waals surface area (Å²) in [5, 5.41) is 0. The number of carbonyl (C=O) groups excluding carboxylic acids is 1. The number of nitrogens with two attached hydrogens (primary N) is 1. The molecule has 4 heteroatoms. The molecule has 0 spiro atoms. The van der Waals surface area contributed by atoms with Gasteiger partial charge < -0.3 is 10.6 Å². The van der Waals surface area contributed by atoms with Gasteiger partial charge in [-0.2, -0.15) is 0 Å². The van der Waals surface area contributed by atoms with Gasteiger partial charge in [-0.15, -0.1) is 0 Å². The van der Waals surface area contributed by atoms with Crippen molar-refractivity contribution in [1.29, 1.82) is 0 Å². The number of amides is 1. The average molecular weight is 269 g/mol. The molecule has 2 unspecified atom stereocenters. The fourth-order valence-electron chi connectivity index (χ4n) is 3.18. The van der Waals surface area contributed by atoms with E-state index in [9.17, 15) is 4.79 Å². The van der Waals surface area contributed by atoms with Crippen LogP contribution in [0.15, 0.2) is 0 Å². The van der Waals surface area contributed by atoms with Crippen molar-refractivity contribution < 1.29 is 4.79 Å². The number of rotatable bonds is 5. The summed E-state index contributed by atoms with van der Waals surface area (Å²) in [6, 6.07) is 0.883. The Bertz CT molecular complexity index is 283. The third-order valence-electron chi connectivity index (χ3n) is 4.11. The second-order valence-electron chi connectivity index (χ2n) is 6.48. The van der Waals surface area contributed by atoms with Crippen molar-refractivity contribution in [3.8, 4) is 0 Å². The Kier molecular flexibility index (Phi) is 6.27. The molecule has 1 fully saturated rings. The van der Waals surface area contributed by atoms with Crippen LogP contribution in [0.3, 0.4) is 0 Å². The molecule has 2 N–H and O–H groups in total. The molecular weight excluding hydrogens is 238 g/mol. The molecule has 1 saturated heterocycles. The number of hydrogen-bond donors (Lipinski definition) is 1. The Hall–Kier alpha value is -0.610. The largest absolute Gasteiger partial charge is 0.337 e. The molecule has 1 rings (SSSR count). The summed E-state index contributed by atoms with van der Waals surface area (Å²) >= 11 is 0. The van der Waals surface area contributed by atoms with E-state index in [0.717, 1.165) is 18.9 Å². The Morgan fingerprint density at radius 1 is 1.32 bits per heavy atom. The van der Waals surface area contributed by atoms with Crippen LogP contribution in [0.2, 0.25) is 0 Å². The van der Waals surface area contributed by atoms with Crippen LogP contribution in [0.4, 0.5) is 0 Å². The van der Waals surface area contributed by atoms with Crippen molar-refractivity contribution in [2.45, 2.75) is 65.6 Å². The molecule has 4 nitrogen and oxygen atoms in total. The molecule has 0 bridgehead atoms. The van der Waals surface area contributed by atoms with Crippen molar-refractivity contribution in [1.82, 2.24) is 9.80 Å². The summed E-state index contributed by atoms with van der Waals surface area (Å²) in [5.41, 5.74) is 5.86. The minimum absolute atomic E-state index is 0.234. The molecule has 1 heterocycles. The van der Waals surface area contributed by atoms with Crippen molar-refractivity contribution >= 4 is 5.91 Å². The zero-order chi connectivity index (χ0) is 14.6. The lowest BCUT2D eigenvalue weighted by atomic mass is 9.92. The second kappa shape index (κ2) is 7.25. The number of piperidine rings is 1. The molecule has 1 amide bonds. The maximum atomic E-state index is 12.5. The normalized spacial score (nSPS) is 25.1. The van der Waals surface area contributed by atoms with Crippen LogP contribution < -0.4 is 5.73 Å². The number of hydrogen-bond acceptors (Lipinski definition) is 3. The Morgan fingerprint density at radius 2 is 1.89 bits per heavy atom. The smallest absolute Gasteiger partial charge is 0.237 e. The number of likely N-dealkylation sites (tertiary alicyclic amines) is 1. The lowest BCUT2D eigenvalue weighted by molar-refractivity contribution is -0.137. The summed E-state index contributed by atoms with van der Waals surface area (Å²) < 4.78 is 0. The monoisotopic (exact) mass is 269 g/mol. The maximum Gasteiger partial charge on any atom is 0.237 e. The topological polar surface area (TPSA) is 49.6 Å². The molecule has 1 aliphatic rings. The highest BCUT2D eigenvalue weighted by Gasteiger charge is 2.29. The fraction of sp³-hybridized carbons (Fsp3) is 0.933. The third kappa shape index (κ3) is 4.46. The Morgan fingerprint density at radius 3 is 2.37 bits per heavy atom. The van der Waals surface area contributed by atoms with Crippen LogP contribution >= 0.6 is 0 Å². The van der Waals surface area contributed by atoms with Gasteiger partial charge in [0.25, 0.3) is 0 Å². The fourth-order valence-corrected chi connectivity index (χ4v) is 3.18. The van der Waals surface area contributed by atoms with E-state index < -0.39 is 0 Å². The standard InChI is InChI=1S/C15H31N3O/c1-11(2)18(12(3)4)15(19)10-17-7-6-13(5)8-14(17)9-16/h11-14H,6-10,16H2,1-5H3. The maximum absolute atomic E-state index is 12.5. The minimum Gasteiger partial charge on any atom is -0.337 e. The number of nitrogens with zero attached hydrogens (tertiary/aromatic N) is 2. The van der Waals surface area contributed by atoms with Gasteiger partial charge >= 0.3 is 0 Å². The van der Waals surface area contributed by atoms with E-state index in [1.165, 1.54) is 6.42 Å². The summed E-state index contributed by atoms with van der Waals surface area (Å²) in [6.07, 6.45) is 2.29. The highest BCUT2D eigenvalue weighted by atomic mass is 16.2. The van der Waals surface area contributed by atoms with Gasteiger partial charge in [-0.05, 0) is 53.0 Å².